The number of thioether (sulfide) groups is 1. The van der Waals surface area contributed by atoms with Crippen molar-refractivity contribution < 1.29 is 13.2 Å². The number of alkyl halides is 3. The Bertz CT molecular complexity index is 755. The monoisotopic (exact) mass is 312 g/mol. The van der Waals surface area contributed by atoms with Crippen molar-refractivity contribution in [1.82, 2.24) is 9.97 Å². The van der Waals surface area contributed by atoms with E-state index >= 15 is 0 Å². The second kappa shape index (κ2) is 4.91. The lowest BCUT2D eigenvalue weighted by atomic mass is 10.0. The summed E-state index contributed by atoms with van der Waals surface area (Å²) in [4.78, 5) is 18.1. The fourth-order valence-corrected chi connectivity index (χ4v) is 3.48. The van der Waals surface area contributed by atoms with E-state index in [1.807, 2.05) is 6.92 Å². The van der Waals surface area contributed by atoms with Crippen molar-refractivity contribution in [3.8, 4) is 11.3 Å². The first-order valence-electron chi connectivity index (χ1n) is 6.32. The van der Waals surface area contributed by atoms with Crippen molar-refractivity contribution in [2.75, 3.05) is 0 Å². The van der Waals surface area contributed by atoms with Gasteiger partial charge in [-0.05, 0) is 24.1 Å². The quantitative estimate of drug-likeness (QED) is 0.820. The van der Waals surface area contributed by atoms with Gasteiger partial charge in [-0.25, -0.2) is 4.79 Å². The Morgan fingerprint density at radius 1 is 1.38 bits per heavy atom. The molecule has 0 fully saturated rings. The summed E-state index contributed by atoms with van der Waals surface area (Å²) in [7, 11) is 0. The molecule has 0 spiro atoms. The Morgan fingerprint density at radius 3 is 2.86 bits per heavy atom. The average Bonchev–Trinajstić information content (AvgIpc) is 2.77. The summed E-state index contributed by atoms with van der Waals surface area (Å²) in [6.07, 6.45) is -3.73. The fraction of sp³-hybridized carbons (Fsp3) is 0.286. The van der Waals surface area contributed by atoms with Crippen LogP contribution in [-0.4, -0.2) is 15.2 Å². The van der Waals surface area contributed by atoms with Crippen molar-refractivity contribution in [1.29, 1.82) is 0 Å². The molecule has 0 radical (unpaired) electrons. The fourth-order valence-electron chi connectivity index (χ4n) is 2.38. The largest absolute Gasteiger partial charge is 0.416 e. The van der Waals surface area contributed by atoms with E-state index in [0.29, 0.717) is 22.7 Å². The normalized spacial score (nSPS) is 17.8. The summed E-state index contributed by atoms with van der Waals surface area (Å²) in [5, 5.41) is 0.867. The SMILES string of the molecule is CC1Cc2c(nc(=O)[nH]c2-c2cccc(C(F)(F)F)c2)S1. The van der Waals surface area contributed by atoms with Crippen LogP contribution in [0.3, 0.4) is 0 Å². The van der Waals surface area contributed by atoms with Crippen molar-refractivity contribution in [3.63, 3.8) is 0 Å². The van der Waals surface area contributed by atoms with Crippen LogP contribution in [0.4, 0.5) is 13.2 Å². The number of hydrogen-bond donors (Lipinski definition) is 1. The number of halogens is 3. The first kappa shape index (κ1) is 14.2. The van der Waals surface area contributed by atoms with Gasteiger partial charge >= 0.3 is 11.9 Å². The van der Waals surface area contributed by atoms with E-state index < -0.39 is 17.4 Å². The number of benzene rings is 1. The van der Waals surface area contributed by atoms with Gasteiger partial charge in [-0.3, -0.25) is 0 Å². The van der Waals surface area contributed by atoms with Crippen LogP contribution >= 0.6 is 11.8 Å². The third-order valence-corrected chi connectivity index (χ3v) is 4.41. The highest BCUT2D eigenvalue weighted by Gasteiger charge is 2.31. The van der Waals surface area contributed by atoms with Crippen LogP contribution in [0.2, 0.25) is 0 Å². The molecule has 2 aromatic rings. The topological polar surface area (TPSA) is 45.8 Å². The zero-order valence-electron chi connectivity index (χ0n) is 11.0. The minimum atomic E-state index is -4.41. The summed E-state index contributed by atoms with van der Waals surface area (Å²) in [6.45, 7) is 1.99. The van der Waals surface area contributed by atoms with Crippen LogP contribution < -0.4 is 5.69 Å². The van der Waals surface area contributed by atoms with E-state index in [0.717, 1.165) is 17.7 Å². The maximum Gasteiger partial charge on any atom is 0.416 e. The molecule has 21 heavy (non-hydrogen) atoms. The third kappa shape index (κ3) is 2.70. The molecule has 0 bridgehead atoms. The average molecular weight is 312 g/mol. The predicted octanol–water partition coefficient (Wildman–Crippen LogP) is 3.49. The number of H-pyrrole nitrogens is 1. The van der Waals surface area contributed by atoms with Crippen molar-refractivity contribution in [2.45, 2.75) is 29.8 Å². The highest BCUT2D eigenvalue weighted by atomic mass is 32.2. The van der Waals surface area contributed by atoms with E-state index in [1.54, 1.807) is 6.07 Å². The van der Waals surface area contributed by atoms with Crippen molar-refractivity contribution in [2.24, 2.45) is 0 Å². The molecule has 2 heterocycles. The molecule has 0 saturated heterocycles. The zero-order chi connectivity index (χ0) is 15.2. The Kier molecular flexibility index (Phi) is 3.32. The van der Waals surface area contributed by atoms with E-state index in [2.05, 4.69) is 9.97 Å². The van der Waals surface area contributed by atoms with E-state index in [9.17, 15) is 18.0 Å². The number of aromatic nitrogens is 2. The van der Waals surface area contributed by atoms with E-state index in [1.165, 1.54) is 17.8 Å². The third-order valence-electron chi connectivity index (χ3n) is 3.28. The van der Waals surface area contributed by atoms with Gasteiger partial charge in [0.25, 0.3) is 0 Å². The number of rotatable bonds is 1. The molecule has 1 aliphatic heterocycles. The maximum absolute atomic E-state index is 12.8. The van der Waals surface area contributed by atoms with Crippen LogP contribution in [-0.2, 0) is 12.6 Å². The number of fused-ring (bicyclic) bond motifs is 1. The first-order chi connectivity index (χ1) is 9.84. The first-order valence-corrected chi connectivity index (χ1v) is 7.20. The van der Waals surface area contributed by atoms with Gasteiger partial charge in [0.05, 0.1) is 11.3 Å². The second-order valence-electron chi connectivity index (χ2n) is 4.91. The van der Waals surface area contributed by atoms with Crippen molar-refractivity contribution in [3.05, 3.63) is 45.9 Å². The molecule has 1 aromatic carbocycles. The van der Waals surface area contributed by atoms with Crippen molar-refractivity contribution >= 4 is 11.8 Å². The molecule has 0 saturated carbocycles. The van der Waals surface area contributed by atoms with Gasteiger partial charge in [0.15, 0.2) is 0 Å². The smallest absolute Gasteiger partial charge is 0.305 e. The second-order valence-corrected chi connectivity index (χ2v) is 6.34. The molecule has 1 aliphatic rings. The van der Waals surface area contributed by atoms with Gasteiger partial charge in [0, 0.05) is 10.8 Å². The standard InChI is InChI=1S/C14H11F3N2OS/c1-7-5-10-11(18-13(20)19-12(10)21-7)8-3-2-4-9(6-8)14(15,16)17/h2-4,6-7H,5H2,1H3,(H,18,19,20). The molecule has 1 N–H and O–H groups in total. The summed E-state index contributed by atoms with van der Waals surface area (Å²) in [5.41, 5.74) is 0.336. The Labute approximate surface area is 122 Å². The van der Waals surface area contributed by atoms with Gasteiger partial charge in [-0.1, -0.05) is 19.1 Å². The molecule has 1 aromatic heterocycles. The van der Waals surface area contributed by atoms with Gasteiger partial charge in [-0.15, -0.1) is 11.8 Å². The van der Waals surface area contributed by atoms with E-state index in [-0.39, 0.29) is 5.25 Å². The summed E-state index contributed by atoms with van der Waals surface area (Å²) < 4.78 is 38.4. The highest BCUT2D eigenvalue weighted by Crippen LogP contribution is 2.39. The Hall–Kier alpha value is -1.76. The summed E-state index contributed by atoms with van der Waals surface area (Å²) in [6, 6.07) is 4.98. The number of hydrogen-bond acceptors (Lipinski definition) is 3. The van der Waals surface area contributed by atoms with Crippen LogP contribution in [0.5, 0.6) is 0 Å². The van der Waals surface area contributed by atoms with Gasteiger partial charge in [0.1, 0.15) is 5.03 Å². The lowest BCUT2D eigenvalue weighted by Crippen LogP contribution is -2.14. The van der Waals surface area contributed by atoms with Crippen LogP contribution in [0, 0.1) is 0 Å². The molecular weight excluding hydrogens is 301 g/mol. The molecule has 3 rings (SSSR count). The van der Waals surface area contributed by atoms with Crippen LogP contribution in [0.25, 0.3) is 11.3 Å². The minimum Gasteiger partial charge on any atom is -0.305 e. The molecule has 1 unspecified atom stereocenters. The highest BCUT2D eigenvalue weighted by molar-refractivity contribution is 8.00. The molecule has 0 amide bonds. The molecular formula is C14H11F3N2OS. The van der Waals surface area contributed by atoms with Crippen LogP contribution in [0.15, 0.2) is 34.1 Å². The molecule has 1 atom stereocenters. The lowest BCUT2D eigenvalue weighted by Gasteiger charge is -2.11. The zero-order valence-corrected chi connectivity index (χ0v) is 11.8. The summed E-state index contributed by atoms with van der Waals surface area (Å²) in [5.74, 6) is 0. The van der Waals surface area contributed by atoms with Gasteiger partial charge in [0.2, 0.25) is 0 Å². The van der Waals surface area contributed by atoms with Gasteiger partial charge < -0.3 is 4.98 Å². The predicted molar refractivity (Wildman–Crippen MR) is 74.3 cm³/mol. The number of aromatic amines is 1. The Balaban J connectivity index is 2.16. The number of nitrogens with zero attached hydrogens (tertiary/aromatic N) is 1. The molecule has 7 heteroatoms. The Morgan fingerprint density at radius 2 is 2.14 bits per heavy atom. The molecule has 110 valence electrons. The van der Waals surface area contributed by atoms with E-state index in [4.69, 9.17) is 0 Å². The van der Waals surface area contributed by atoms with Gasteiger partial charge in [-0.2, -0.15) is 18.2 Å². The summed E-state index contributed by atoms with van der Waals surface area (Å²) >= 11 is 1.47. The number of nitrogens with one attached hydrogen (secondary N) is 1. The molecule has 3 nitrogen and oxygen atoms in total. The minimum absolute atomic E-state index is 0.257. The molecule has 0 aliphatic carbocycles. The van der Waals surface area contributed by atoms with Crippen LogP contribution in [0.1, 0.15) is 18.1 Å². The lowest BCUT2D eigenvalue weighted by molar-refractivity contribution is -0.137. The maximum atomic E-state index is 12.8.